The summed E-state index contributed by atoms with van der Waals surface area (Å²) >= 11 is 0. The number of rotatable bonds is 6. The van der Waals surface area contributed by atoms with E-state index < -0.39 is 12.1 Å². The Morgan fingerprint density at radius 1 is 1.00 bits per heavy atom. The predicted molar refractivity (Wildman–Crippen MR) is 126 cm³/mol. The van der Waals surface area contributed by atoms with E-state index in [0.29, 0.717) is 28.9 Å². The number of aliphatic hydroxyl groups is 1. The molecule has 5 nitrogen and oxygen atoms in total. The van der Waals surface area contributed by atoms with Crippen LogP contribution < -0.4 is 10.6 Å². The molecule has 0 bridgehead atoms. The van der Waals surface area contributed by atoms with Crippen LogP contribution in [-0.2, 0) is 0 Å². The van der Waals surface area contributed by atoms with Gasteiger partial charge in [-0.2, -0.15) is 0 Å². The maximum absolute atomic E-state index is 14.7. The van der Waals surface area contributed by atoms with Gasteiger partial charge >= 0.3 is 6.03 Å². The molecule has 1 aromatic heterocycles. The number of aliphatic hydroxyl groups excluding tert-OH is 1. The number of benzene rings is 3. The van der Waals surface area contributed by atoms with Crippen molar-refractivity contribution in [3.05, 3.63) is 84.7 Å². The molecule has 0 aliphatic rings. The second-order valence-corrected chi connectivity index (χ2v) is 7.53. The molecule has 0 saturated heterocycles. The molecular formula is C26H24FN3O2. The Bertz CT molecular complexity index is 1240. The van der Waals surface area contributed by atoms with Crippen molar-refractivity contribution in [2.75, 3.05) is 11.9 Å². The molecule has 3 N–H and O–H groups in total. The van der Waals surface area contributed by atoms with E-state index in [4.69, 9.17) is 4.98 Å². The monoisotopic (exact) mass is 429 g/mol. The highest BCUT2D eigenvalue weighted by Crippen LogP contribution is 2.35. The molecule has 1 heterocycles. The van der Waals surface area contributed by atoms with Gasteiger partial charge in [-0.25, -0.2) is 14.2 Å². The number of nitrogens with zero attached hydrogens (tertiary/aromatic N) is 1. The van der Waals surface area contributed by atoms with Crippen LogP contribution in [0.25, 0.3) is 33.3 Å². The predicted octanol–water partition coefficient (Wildman–Crippen LogP) is 5.60. The van der Waals surface area contributed by atoms with Crippen LogP contribution >= 0.6 is 0 Å². The first-order valence-electron chi connectivity index (χ1n) is 10.5. The lowest BCUT2D eigenvalue weighted by Crippen LogP contribution is -2.34. The lowest BCUT2D eigenvalue weighted by atomic mass is 9.97. The molecule has 162 valence electrons. The Morgan fingerprint density at radius 3 is 2.50 bits per heavy atom. The molecule has 0 unspecified atom stereocenters. The van der Waals surface area contributed by atoms with Crippen molar-refractivity contribution in [3.63, 3.8) is 0 Å². The van der Waals surface area contributed by atoms with Gasteiger partial charge in [0.1, 0.15) is 5.82 Å². The number of hydrogen-bond acceptors (Lipinski definition) is 3. The number of anilines is 1. The molecule has 3 aromatic carbocycles. The summed E-state index contributed by atoms with van der Waals surface area (Å²) in [4.78, 5) is 17.0. The van der Waals surface area contributed by atoms with Crippen molar-refractivity contribution in [2.45, 2.75) is 19.4 Å². The van der Waals surface area contributed by atoms with Crippen LogP contribution in [0.15, 0.2) is 78.9 Å². The lowest BCUT2D eigenvalue weighted by Gasteiger charge is -2.14. The maximum Gasteiger partial charge on any atom is 0.319 e. The van der Waals surface area contributed by atoms with Crippen LogP contribution in [0.3, 0.4) is 0 Å². The topological polar surface area (TPSA) is 74.2 Å². The second-order valence-electron chi connectivity index (χ2n) is 7.53. The molecule has 0 saturated carbocycles. The van der Waals surface area contributed by atoms with Crippen molar-refractivity contribution in [3.8, 4) is 22.4 Å². The highest BCUT2D eigenvalue weighted by atomic mass is 19.1. The van der Waals surface area contributed by atoms with Crippen LogP contribution in [0.2, 0.25) is 0 Å². The summed E-state index contributed by atoms with van der Waals surface area (Å²) in [7, 11) is 0. The molecule has 2 amide bonds. The highest BCUT2D eigenvalue weighted by Gasteiger charge is 2.15. The van der Waals surface area contributed by atoms with Crippen LogP contribution in [0.1, 0.15) is 13.3 Å². The fourth-order valence-electron chi connectivity index (χ4n) is 3.49. The number of carbonyl (C=O) groups is 1. The van der Waals surface area contributed by atoms with E-state index >= 15 is 0 Å². The zero-order chi connectivity index (χ0) is 22.5. The molecule has 0 spiro atoms. The number of hydrogen-bond donors (Lipinski definition) is 3. The minimum atomic E-state index is -0.582. The van der Waals surface area contributed by atoms with Crippen LogP contribution in [0.4, 0.5) is 14.9 Å². The largest absolute Gasteiger partial charge is 0.391 e. The van der Waals surface area contributed by atoms with Crippen LogP contribution in [-0.4, -0.2) is 28.8 Å². The van der Waals surface area contributed by atoms with Gasteiger partial charge in [-0.3, -0.25) is 0 Å². The van der Waals surface area contributed by atoms with Gasteiger partial charge in [-0.05, 0) is 36.8 Å². The van der Waals surface area contributed by atoms with E-state index in [-0.39, 0.29) is 12.4 Å². The molecule has 0 fully saturated rings. The van der Waals surface area contributed by atoms with E-state index in [9.17, 15) is 14.3 Å². The van der Waals surface area contributed by atoms with Crippen molar-refractivity contribution in [2.24, 2.45) is 0 Å². The summed E-state index contributed by atoms with van der Waals surface area (Å²) < 4.78 is 14.7. The van der Waals surface area contributed by atoms with E-state index in [0.717, 1.165) is 16.5 Å². The van der Waals surface area contributed by atoms with E-state index in [1.54, 1.807) is 30.3 Å². The van der Waals surface area contributed by atoms with Crippen molar-refractivity contribution >= 4 is 22.6 Å². The number of carbonyl (C=O) groups excluding carboxylic acids is 1. The number of pyridine rings is 1. The highest BCUT2D eigenvalue weighted by molar-refractivity contribution is 5.96. The third-order valence-electron chi connectivity index (χ3n) is 5.25. The fraction of sp³-hybridized carbons (Fsp3) is 0.154. The normalized spacial score (nSPS) is 11.8. The number of urea groups is 1. The Balaban J connectivity index is 1.74. The lowest BCUT2D eigenvalue weighted by molar-refractivity contribution is 0.168. The summed E-state index contributed by atoms with van der Waals surface area (Å²) in [5.74, 6) is -0.325. The number of amides is 2. The molecular weight excluding hydrogens is 405 g/mol. The van der Waals surface area contributed by atoms with E-state index in [1.807, 2.05) is 49.4 Å². The molecule has 0 radical (unpaired) electrons. The van der Waals surface area contributed by atoms with Crippen molar-refractivity contribution < 1.29 is 14.3 Å². The number of nitrogens with one attached hydrogen (secondary N) is 2. The number of aromatic nitrogens is 1. The molecule has 1 atom stereocenters. The third-order valence-corrected chi connectivity index (χ3v) is 5.25. The first-order chi connectivity index (χ1) is 15.5. The van der Waals surface area contributed by atoms with Crippen LogP contribution in [0, 0.1) is 5.82 Å². The average Bonchev–Trinajstić information content (AvgIpc) is 2.82. The summed E-state index contributed by atoms with van der Waals surface area (Å²) in [6.07, 6.45) is -0.0221. The maximum atomic E-state index is 14.7. The SMILES string of the molecule is CC[C@H](O)CNC(=O)Nc1ccc2nc(-c3ccccc3)c(-c3ccccc3F)cc2c1. The summed E-state index contributed by atoms with van der Waals surface area (Å²) in [6, 6.07) is 23.2. The van der Waals surface area contributed by atoms with Crippen LogP contribution in [0.5, 0.6) is 0 Å². The van der Waals surface area contributed by atoms with Gasteiger partial charge < -0.3 is 15.7 Å². The number of fused-ring (bicyclic) bond motifs is 1. The first kappa shape index (κ1) is 21.5. The molecule has 6 heteroatoms. The fourth-order valence-corrected chi connectivity index (χ4v) is 3.49. The molecule has 4 rings (SSSR count). The molecule has 0 aliphatic heterocycles. The van der Waals surface area contributed by atoms with Gasteiger partial charge in [0, 0.05) is 34.3 Å². The smallest absolute Gasteiger partial charge is 0.319 e. The van der Waals surface area contributed by atoms with E-state index in [1.165, 1.54) is 6.07 Å². The Kier molecular flexibility index (Phi) is 6.42. The minimum Gasteiger partial charge on any atom is -0.391 e. The van der Waals surface area contributed by atoms with Crippen molar-refractivity contribution in [1.29, 1.82) is 0 Å². The first-order valence-corrected chi connectivity index (χ1v) is 10.5. The quantitative estimate of drug-likeness (QED) is 0.373. The standard InChI is InChI=1S/C26H24FN3O2/c1-2-20(31)16-28-26(32)29-19-12-13-24-18(14-19)15-22(21-10-6-7-11-23(21)27)25(30-24)17-8-4-3-5-9-17/h3-15,20,31H,2,16H2,1H3,(H2,28,29,32)/t20-/m0/s1. The summed E-state index contributed by atoms with van der Waals surface area (Å²) in [5, 5.41) is 15.8. The molecule has 0 aliphatic carbocycles. The van der Waals surface area contributed by atoms with Crippen molar-refractivity contribution in [1.82, 2.24) is 10.3 Å². The third kappa shape index (κ3) is 4.76. The Labute approximate surface area is 185 Å². The zero-order valence-corrected chi connectivity index (χ0v) is 17.7. The average molecular weight is 429 g/mol. The minimum absolute atomic E-state index is 0.176. The van der Waals surface area contributed by atoms with Gasteiger partial charge in [0.05, 0.1) is 17.3 Å². The Hall–Kier alpha value is -3.77. The van der Waals surface area contributed by atoms with Gasteiger partial charge in [0.15, 0.2) is 0 Å². The van der Waals surface area contributed by atoms with Gasteiger partial charge in [-0.15, -0.1) is 0 Å². The number of halogens is 1. The molecule has 4 aromatic rings. The molecule has 32 heavy (non-hydrogen) atoms. The summed E-state index contributed by atoms with van der Waals surface area (Å²) in [5.41, 5.74) is 4.03. The summed E-state index contributed by atoms with van der Waals surface area (Å²) in [6.45, 7) is 2.02. The van der Waals surface area contributed by atoms with Gasteiger partial charge in [0.2, 0.25) is 0 Å². The van der Waals surface area contributed by atoms with Gasteiger partial charge in [0.25, 0.3) is 0 Å². The van der Waals surface area contributed by atoms with Gasteiger partial charge in [-0.1, -0.05) is 55.5 Å². The Morgan fingerprint density at radius 2 is 1.75 bits per heavy atom. The van der Waals surface area contributed by atoms with E-state index in [2.05, 4.69) is 10.6 Å². The second kappa shape index (κ2) is 9.58. The zero-order valence-electron chi connectivity index (χ0n) is 17.7.